The largest absolute Gasteiger partial charge is 0.351 e. The van der Waals surface area contributed by atoms with E-state index in [2.05, 4.69) is 27.4 Å². The fourth-order valence-electron chi connectivity index (χ4n) is 3.75. The first-order valence-corrected chi connectivity index (χ1v) is 10.7. The Morgan fingerprint density at radius 2 is 1.63 bits per heavy atom. The summed E-state index contributed by atoms with van der Waals surface area (Å²) in [5.74, 6) is 0.0548. The number of hydrogen-bond donors (Lipinski definition) is 2. The summed E-state index contributed by atoms with van der Waals surface area (Å²) in [6.45, 7) is 8.06. The first kappa shape index (κ1) is 22.0. The second-order valence-corrected chi connectivity index (χ2v) is 7.75. The third-order valence-corrected chi connectivity index (χ3v) is 5.68. The van der Waals surface area contributed by atoms with Gasteiger partial charge in [0.25, 0.3) is 0 Å². The molecule has 0 saturated carbocycles. The average Bonchev–Trinajstić information content (AvgIpc) is 2.78. The molecule has 0 radical (unpaired) electrons. The fraction of sp³-hybridized carbons (Fsp3) is 0.417. The number of rotatable bonds is 8. The Labute approximate surface area is 179 Å². The maximum Gasteiger partial charge on any atom is 0.238 e. The Morgan fingerprint density at radius 1 is 0.967 bits per heavy atom. The molecule has 2 N–H and O–H groups in total. The van der Waals surface area contributed by atoms with E-state index < -0.39 is 0 Å². The van der Waals surface area contributed by atoms with Gasteiger partial charge >= 0.3 is 0 Å². The molecule has 0 aromatic heterocycles. The van der Waals surface area contributed by atoms with Crippen LogP contribution in [-0.2, 0) is 22.6 Å². The van der Waals surface area contributed by atoms with E-state index in [4.69, 9.17) is 0 Å². The number of carbonyl (C=O) groups excluding carboxylic acids is 2. The molecule has 2 aromatic rings. The van der Waals surface area contributed by atoms with Gasteiger partial charge in [-0.05, 0) is 30.5 Å². The van der Waals surface area contributed by atoms with E-state index in [0.29, 0.717) is 13.1 Å². The zero-order chi connectivity index (χ0) is 21.3. The lowest BCUT2D eigenvalue weighted by Crippen LogP contribution is -2.54. The second kappa shape index (κ2) is 10.9. The van der Waals surface area contributed by atoms with Gasteiger partial charge in [-0.15, -0.1) is 0 Å². The summed E-state index contributed by atoms with van der Waals surface area (Å²) in [5.41, 5.74) is 3.14. The van der Waals surface area contributed by atoms with Crippen molar-refractivity contribution in [3.05, 3.63) is 65.7 Å². The van der Waals surface area contributed by atoms with Crippen molar-refractivity contribution in [2.45, 2.75) is 32.9 Å². The molecule has 1 atom stereocenters. The van der Waals surface area contributed by atoms with Crippen LogP contribution in [0, 0.1) is 0 Å². The number of hydrogen-bond acceptors (Lipinski definition) is 4. The van der Waals surface area contributed by atoms with E-state index in [1.807, 2.05) is 61.5 Å². The van der Waals surface area contributed by atoms with Crippen LogP contribution in [0.25, 0.3) is 0 Å². The third-order valence-electron chi connectivity index (χ3n) is 5.68. The van der Waals surface area contributed by atoms with Gasteiger partial charge in [0, 0.05) is 38.4 Å². The number of piperazine rings is 1. The summed E-state index contributed by atoms with van der Waals surface area (Å²) < 4.78 is 0. The summed E-state index contributed by atoms with van der Waals surface area (Å²) in [5, 5.41) is 6.05. The van der Waals surface area contributed by atoms with Crippen molar-refractivity contribution in [3.8, 4) is 0 Å². The predicted octanol–water partition coefficient (Wildman–Crippen LogP) is 2.51. The van der Waals surface area contributed by atoms with Crippen LogP contribution in [0.3, 0.4) is 0 Å². The number of anilines is 1. The highest BCUT2D eigenvalue weighted by molar-refractivity contribution is 5.93. The molecule has 6 nitrogen and oxygen atoms in total. The number of carbonyl (C=O) groups is 2. The molecule has 2 aromatic carbocycles. The molecule has 1 aliphatic rings. The van der Waals surface area contributed by atoms with Crippen LogP contribution in [0.2, 0.25) is 0 Å². The Bertz CT molecular complexity index is 832. The lowest BCUT2D eigenvalue weighted by Gasteiger charge is -2.37. The Balaban J connectivity index is 1.41. The van der Waals surface area contributed by atoms with Gasteiger partial charge in [-0.1, -0.05) is 55.5 Å². The third kappa shape index (κ3) is 6.15. The smallest absolute Gasteiger partial charge is 0.238 e. The van der Waals surface area contributed by atoms with Crippen LogP contribution >= 0.6 is 0 Å². The van der Waals surface area contributed by atoms with Crippen molar-refractivity contribution in [1.29, 1.82) is 0 Å². The Morgan fingerprint density at radius 3 is 2.33 bits per heavy atom. The summed E-state index contributed by atoms with van der Waals surface area (Å²) in [6.07, 6.45) is 0.888. The lowest BCUT2D eigenvalue weighted by molar-refractivity contribution is -0.127. The van der Waals surface area contributed by atoms with Gasteiger partial charge in [-0.3, -0.25) is 19.4 Å². The monoisotopic (exact) mass is 408 g/mol. The highest BCUT2D eigenvalue weighted by Crippen LogP contribution is 2.15. The first-order valence-electron chi connectivity index (χ1n) is 10.7. The minimum absolute atomic E-state index is 0.0120. The number of aryl methyl sites for hydroxylation is 1. The minimum Gasteiger partial charge on any atom is -0.351 e. The van der Waals surface area contributed by atoms with E-state index in [1.54, 1.807) is 0 Å². The number of benzene rings is 2. The van der Waals surface area contributed by atoms with Gasteiger partial charge in [-0.2, -0.15) is 0 Å². The number of nitrogens with zero attached hydrogens (tertiary/aromatic N) is 2. The van der Waals surface area contributed by atoms with Crippen molar-refractivity contribution < 1.29 is 9.59 Å². The van der Waals surface area contributed by atoms with Gasteiger partial charge < -0.3 is 10.6 Å². The molecule has 3 rings (SSSR count). The highest BCUT2D eigenvalue weighted by Gasteiger charge is 2.26. The summed E-state index contributed by atoms with van der Waals surface area (Å²) in [6, 6.07) is 17.7. The normalized spacial score (nSPS) is 16.1. The van der Waals surface area contributed by atoms with Crippen LogP contribution in [0.4, 0.5) is 5.69 Å². The van der Waals surface area contributed by atoms with E-state index in [0.717, 1.165) is 49.4 Å². The average molecular weight is 409 g/mol. The molecule has 0 aliphatic carbocycles. The Hall–Kier alpha value is -2.70. The molecule has 160 valence electrons. The zero-order valence-corrected chi connectivity index (χ0v) is 17.9. The van der Waals surface area contributed by atoms with Crippen molar-refractivity contribution in [2.75, 3.05) is 38.0 Å². The van der Waals surface area contributed by atoms with E-state index in [-0.39, 0.29) is 17.9 Å². The fourth-order valence-corrected chi connectivity index (χ4v) is 3.75. The molecule has 1 saturated heterocycles. The molecule has 0 unspecified atom stereocenters. The molecule has 30 heavy (non-hydrogen) atoms. The summed E-state index contributed by atoms with van der Waals surface area (Å²) >= 11 is 0. The minimum atomic E-state index is -0.180. The van der Waals surface area contributed by atoms with Crippen LogP contribution in [-0.4, -0.2) is 60.4 Å². The number of amides is 2. The second-order valence-electron chi connectivity index (χ2n) is 7.75. The highest BCUT2D eigenvalue weighted by atomic mass is 16.2. The molecule has 1 fully saturated rings. The van der Waals surface area contributed by atoms with Gasteiger partial charge in [-0.25, -0.2) is 0 Å². The molecule has 6 heteroatoms. The van der Waals surface area contributed by atoms with Crippen molar-refractivity contribution >= 4 is 17.5 Å². The van der Waals surface area contributed by atoms with E-state index in [1.165, 1.54) is 0 Å². The molecular formula is C24H32N4O2. The maximum atomic E-state index is 12.5. The van der Waals surface area contributed by atoms with E-state index in [9.17, 15) is 9.59 Å². The molecule has 2 amide bonds. The van der Waals surface area contributed by atoms with Crippen LogP contribution in [0.15, 0.2) is 54.6 Å². The van der Waals surface area contributed by atoms with E-state index >= 15 is 0 Å². The molecule has 0 bridgehead atoms. The number of para-hydroxylation sites is 1. The van der Waals surface area contributed by atoms with Gasteiger partial charge in [0.15, 0.2) is 0 Å². The molecule has 1 heterocycles. The summed E-state index contributed by atoms with van der Waals surface area (Å²) in [7, 11) is 0. The maximum absolute atomic E-state index is 12.5. The van der Waals surface area contributed by atoms with Crippen molar-refractivity contribution in [3.63, 3.8) is 0 Å². The topological polar surface area (TPSA) is 64.7 Å². The lowest BCUT2D eigenvalue weighted by atomic mass is 10.1. The first-order chi connectivity index (χ1) is 14.6. The predicted molar refractivity (Wildman–Crippen MR) is 120 cm³/mol. The molecular weight excluding hydrogens is 376 g/mol. The Kier molecular flexibility index (Phi) is 7.99. The molecule has 1 aliphatic heterocycles. The molecule has 0 spiro atoms. The van der Waals surface area contributed by atoms with Crippen molar-refractivity contribution in [2.24, 2.45) is 0 Å². The SMILES string of the molecule is CCc1ccccc1NC(=O)CN1CCN([C@@H](C)C(=O)NCc2ccccc2)CC1. The van der Waals surface area contributed by atoms with Gasteiger partial charge in [0.05, 0.1) is 12.6 Å². The van der Waals surface area contributed by atoms with Gasteiger partial charge in [0.2, 0.25) is 11.8 Å². The van der Waals surface area contributed by atoms with Crippen molar-refractivity contribution in [1.82, 2.24) is 15.1 Å². The van der Waals surface area contributed by atoms with Gasteiger partial charge in [0.1, 0.15) is 0 Å². The van der Waals surface area contributed by atoms with Crippen LogP contribution in [0.1, 0.15) is 25.0 Å². The van der Waals surface area contributed by atoms with Crippen LogP contribution in [0.5, 0.6) is 0 Å². The quantitative estimate of drug-likeness (QED) is 0.705. The number of nitrogens with one attached hydrogen (secondary N) is 2. The van der Waals surface area contributed by atoms with Crippen LogP contribution < -0.4 is 10.6 Å². The standard InChI is InChI=1S/C24H32N4O2/c1-3-21-11-7-8-12-22(21)26-23(29)18-27-13-15-28(16-14-27)19(2)24(30)25-17-20-9-5-4-6-10-20/h4-12,19H,3,13-18H2,1-2H3,(H,25,30)(H,26,29)/t19-/m0/s1. The zero-order valence-electron chi connectivity index (χ0n) is 17.9. The summed E-state index contributed by atoms with van der Waals surface area (Å²) in [4.78, 5) is 29.3.